The number of hydrazine groups is 3. The zero-order chi connectivity index (χ0) is 14.3. The predicted molar refractivity (Wildman–Crippen MR) is 77.6 cm³/mol. The molecule has 2 atom stereocenters. The average Bonchev–Trinajstić information content (AvgIpc) is 2.34. The lowest BCUT2D eigenvalue weighted by molar-refractivity contribution is -0.373. The van der Waals surface area contributed by atoms with Crippen LogP contribution in [-0.2, 0) is 0 Å². The van der Waals surface area contributed by atoms with E-state index in [1.165, 1.54) is 0 Å². The topological polar surface area (TPSA) is 13.0 Å². The Balaban J connectivity index is 3.36. The Morgan fingerprint density at radius 1 is 0.944 bits per heavy atom. The Kier molecular flexibility index (Phi) is 4.49. The zero-order valence-electron chi connectivity index (χ0n) is 13.8. The van der Waals surface area contributed by atoms with Gasteiger partial charge in [-0.25, -0.2) is 10.0 Å². The fourth-order valence-electron chi connectivity index (χ4n) is 3.67. The normalized spacial score (nSPS) is 37.7. The Bertz CT molecular complexity index is 294. The van der Waals surface area contributed by atoms with Gasteiger partial charge in [-0.05, 0) is 26.2 Å². The SMILES string of the molecule is CCN1N(C)N(C)N(C)C(C)(C(C)C)C1(C)CC. The molecule has 0 N–H and O–H groups in total. The highest BCUT2D eigenvalue weighted by Crippen LogP contribution is 2.45. The van der Waals surface area contributed by atoms with Crippen LogP contribution in [0.2, 0.25) is 0 Å². The lowest BCUT2D eigenvalue weighted by Gasteiger charge is -2.67. The summed E-state index contributed by atoms with van der Waals surface area (Å²) in [6.45, 7) is 15.0. The third-order valence-corrected chi connectivity index (χ3v) is 5.65. The minimum absolute atomic E-state index is 0.110. The van der Waals surface area contributed by atoms with Gasteiger partial charge in [0, 0.05) is 27.7 Å². The Labute approximate surface area is 113 Å². The maximum Gasteiger partial charge on any atom is 0.0556 e. The Morgan fingerprint density at radius 2 is 1.44 bits per heavy atom. The van der Waals surface area contributed by atoms with E-state index in [1.54, 1.807) is 0 Å². The first-order valence-corrected chi connectivity index (χ1v) is 7.17. The van der Waals surface area contributed by atoms with Crippen LogP contribution in [0, 0.1) is 5.92 Å². The highest BCUT2D eigenvalue weighted by atomic mass is 16.0. The minimum Gasteiger partial charge on any atom is -0.222 e. The molecule has 1 fully saturated rings. The molecule has 0 saturated carbocycles. The van der Waals surface area contributed by atoms with Crippen LogP contribution in [0.15, 0.2) is 0 Å². The van der Waals surface area contributed by atoms with Gasteiger partial charge in [-0.1, -0.05) is 27.7 Å². The van der Waals surface area contributed by atoms with E-state index < -0.39 is 0 Å². The molecule has 4 heteroatoms. The van der Waals surface area contributed by atoms with Gasteiger partial charge in [0.2, 0.25) is 0 Å². The van der Waals surface area contributed by atoms with E-state index in [0.717, 1.165) is 13.0 Å². The average molecular weight is 256 g/mol. The number of hydrogen-bond donors (Lipinski definition) is 0. The molecule has 18 heavy (non-hydrogen) atoms. The first kappa shape index (κ1) is 15.9. The van der Waals surface area contributed by atoms with E-state index in [1.807, 2.05) is 0 Å². The second-order valence-corrected chi connectivity index (χ2v) is 6.15. The largest absolute Gasteiger partial charge is 0.222 e. The van der Waals surface area contributed by atoms with Crippen molar-refractivity contribution < 1.29 is 0 Å². The second-order valence-electron chi connectivity index (χ2n) is 6.15. The quantitative estimate of drug-likeness (QED) is 0.769. The van der Waals surface area contributed by atoms with Crippen LogP contribution in [-0.4, -0.2) is 59.0 Å². The van der Waals surface area contributed by atoms with Crippen molar-refractivity contribution in [3.8, 4) is 0 Å². The van der Waals surface area contributed by atoms with Gasteiger partial charge in [0.15, 0.2) is 0 Å². The van der Waals surface area contributed by atoms with E-state index in [-0.39, 0.29) is 11.1 Å². The molecule has 0 aromatic rings. The summed E-state index contributed by atoms with van der Waals surface area (Å²) >= 11 is 0. The van der Waals surface area contributed by atoms with Crippen molar-refractivity contribution in [2.45, 2.75) is 59.0 Å². The summed E-state index contributed by atoms with van der Waals surface area (Å²) in [5, 5.41) is 9.36. The van der Waals surface area contributed by atoms with E-state index in [0.29, 0.717) is 5.92 Å². The summed E-state index contributed by atoms with van der Waals surface area (Å²) in [5.41, 5.74) is 0.241. The van der Waals surface area contributed by atoms with E-state index >= 15 is 0 Å². The molecule has 0 bridgehead atoms. The van der Waals surface area contributed by atoms with E-state index in [2.05, 4.69) is 82.9 Å². The standard InChI is InChI=1S/C14H32N4/c1-10-13(5)14(6,12(3)4)15(7)16(8)17(9)18(13)11-2/h12H,10-11H2,1-9H3. The number of rotatable bonds is 3. The molecule has 2 unspecified atom stereocenters. The zero-order valence-corrected chi connectivity index (χ0v) is 13.8. The predicted octanol–water partition coefficient (Wildman–Crippen LogP) is 2.45. The molecular weight excluding hydrogens is 224 g/mol. The third kappa shape index (κ3) is 1.82. The summed E-state index contributed by atoms with van der Waals surface area (Å²) in [6, 6.07) is 0. The summed E-state index contributed by atoms with van der Waals surface area (Å²) in [5.74, 6) is 0.581. The van der Waals surface area contributed by atoms with Gasteiger partial charge in [-0.2, -0.15) is 10.2 Å². The summed E-state index contributed by atoms with van der Waals surface area (Å²) in [4.78, 5) is 0. The lowest BCUT2D eigenvalue weighted by Crippen LogP contribution is -2.81. The Hall–Kier alpha value is -0.160. The van der Waals surface area contributed by atoms with Crippen molar-refractivity contribution in [2.24, 2.45) is 5.92 Å². The Morgan fingerprint density at radius 3 is 1.78 bits per heavy atom. The number of likely N-dealkylation sites (N-methyl/N-ethyl adjacent to an activating group) is 2. The fourth-order valence-corrected chi connectivity index (χ4v) is 3.67. The van der Waals surface area contributed by atoms with Gasteiger partial charge >= 0.3 is 0 Å². The van der Waals surface area contributed by atoms with Crippen LogP contribution in [0.5, 0.6) is 0 Å². The maximum atomic E-state index is 2.49. The molecule has 0 aliphatic carbocycles. The van der Waals surface area contributed by atoms with Crippen LogP contribution < -0.4 is 0 Å². The van der Waals surface area contributed by atoms with Crippen LogP contribution in [0.1, 0.15) is 48.0 Å². The van der Waals surface area contributed by atoms with Crippen LogP contribution in [0.4, 0.5) is 0 Å². The van der Waals surface area contributed by atoms with Crippen LogP contribution in [0.3, 0.4) is 0 Å². The van der Waals surface area contributed by atoms with Crippen LogP contribution >= 0.6 is 0 Å². The molecular formula is C14H32N4. The van der Waals surface area contributed by atoms with Crippen molar-refractivity contribution >= 4 is 0 Å². The molecule has 1 aliphatic rings. The van der Waals surface area contributed by atoms with Crippen molar-refractivity contribution in [3.63, 3.8) is 0 Å². The van der Waals surface area contributed by atoms with E-state index in [4.69, 9.17) is 0 Å². The van der Waals surface area contributed by atoms with Gasteiger partial charge in [0.25, 0.3) is 0 Å². The molecule has 0 amide bonds. The monoisotopic (exact) mass is 256 g/mol. The molecule has 1 aliphatic heterocycles. The molecule has 0 radical (unpaired) electrons. The number of nitrogens with zero attached hydrogens (tertiary/aromatic N) is 4. The molecule has 108 valence electrons. The van der Waals surface area contributed by atoms with Crippen molar-refractivity contribution in [1.29, 1.82) is 0 Å². The molecule has 0 aromatic carbocycles. The molecule has 1 saturated heterocycles. The van der Waals surface area contributed by atoms with Crippen LogP contribution in [0.25, 0.3) is 0 Å². The van der Waals surface area contributed by atoms with E-state index in [9.17, 15) is 0 Å². The molecule has 0 spiro atoms. The lowest BCUT2D eigenvalue weighted by atomic mass is 9.69. The van der Waals surface area contributed by atoms with Gasteiger partial charge in [-0.3, -0.25) is 0 Å². The highest BCUT2D eigenvalue weighted by molar-refractivity contribution is 5.08. The van der Waals surface area contributed by atoms with Gasteiger partial charge in [-0.15, -0.1) is 0 Å². The number of hydrogen-bond acceptors (Lipinski definition) is 4. The van der Waals surface area contributed by atoms with Gasteiger partial charge < -0.3 is 0 Å². The summed E-state index contributed by atoms with van der Waals surface area (Å²) in [6.07, 6.45) is 1.14. The van der Waals surface area contributed by atoms with Gasteiger partial charge in [0.1, 0.15) is 0 Å². The summed E-state index contributed by atoms with van der Waals surface area (Å²) in [7, 11) is 6.49. The molecule has 1 heterocycles. The highest BCUT2D eigenvalue weighted by Gasteiger charge is 2.57. The summed E-state index contributed by atoms with van der Waals surface area (Å²) < 4.78 is 0. The maximum absolute atomic E-state index is 2.49. The molecule has 1 rings (SSSR count). The first-order chi connectivity index (χ1) is 8.18. The third-order valence-electron chi connectivity index (χ3n) is 5.65. The molecule has 0 aromatic heterocycles. The first-order valence-electron chi connectivity index (χ1n) is 7.17. The van der Waals surface area contributed by atoms with Crippen molar-refractivity contribution in [2.75, 3.05) is 27.7 Å². The van der Waals surface area contributed by atoms with Gasteiger partial charge in [0.05, 0.1) is 11.1 Å². The molecule has 4 nitrogen and oxygen atoms in total. The van der Waals surface area contributed by atoms with Crippen molar-refractivity contribution in [1.82, 2.24) is 20.3 Å². The van der Waals surface area contributed by atoms with Crippen molar-refractivity contribution in [3.05, 3.63) is 0 Å². The smallest absolute Gasteiger partial charge is 0.0556 e. The minimum atomic E-state index is 0.110. The fraction of sp³-hybridized carbons (Fsp3) is 1.00. The second kappa shape index (κ2) is 5.08.